The highest BCUT2D eigenvalue weighted by atomic mass is 32.1. The summed E-state index contributed by atoms with van der Waals surface area (Å²) in [5, 5.41) is 9.25. The van der Waals surface area contributed by atoms with Crippen molar-refractivity contribution in [3.05, 3.63) is 75.3 Å². The van der Waals surface area contributed by atoms with Crippen molar-refractivity contribution in [2.45, 2.75) is 19.5 Å². The molecule has 0 aliphatic heterocycles. The Kier molecular flexibility index (Phi) is 6.38. The molecule has 0 saturated carbocycles. The molecule has 8 nitrogen and oxygen atoms in total. The maximum Gasteiger partial charge on any atom is 0.330 e. The van der Waals surface area contributed by atoms with Crippen molar-refractivity contribution in [2.24, 2.45) is 7.05 Å². The first-order valence-corrected chi connectivity index (χ1v) is 10.6. The number of fused-ring (bicyclic) bond motifs is 1. The highest BCUT2D eigenvalue weighted by Crippen LogP contribution is 2.29. The van der Waals surface area contributed by atoms with E-state index in [4.69, 9.17) is 21.7 Å². The molecule has 0 bridgehead atoms. The highest BCUT2D eigenvalue weighted by molar-refractivity contribution is 7.71. The number of aromatic nitrogens is 4. The standard InChI is InChI=1S/C23H24N4O4S/c1-25-20-19(21(32)26(23(25)29)12-7-13-28)27(15-16-8-4-3-5-9-16)22(24-20)31-18-11-6-10-17(14-18)30-2/h3-6,8-11,14,28H,7,12-13,15H2,1-2H3. The lowest BCUT2D eigenvalue weighted by atomic mass is 10.2. The van der Waals surface area contributed by atoms with Gasteiger partial charge in [-0.3, -0.25) is 13.7 Å². The predicted molar refractivity (Wildman–Crippen MR) is 124 cm³/mol. The van der Waals surface area contributed by atoms with E-state index in [0.29, 0.717) is 52.8 Å². The van der Waals surface area contributed by atoms with E-state index in [2.05, 4.69) is 4.98 Å². The molecule has 166 valence electrons. The van der Waals surface area contributed by atoms with Crippen molar-refractivity contribution >= 4 is 23.4 Å². The largest absolute Gasteiger partial charge is 0.497 e. The number of rotatable bonds is 8. The van der Waals surface area contributed by atoms with Crippen molar-refractivity contribution in [1.29, 1.82) is 0 Å². The first-order valence-electron chi connectivity index (χ1n) is 10.2. The van der Waals surface area contributed by atoms with E-state index >= 15 is 0 Å². The van der Waals surface area contributed by atoms with E-state index < -0.39 is 0 Å². The molecule has 0 atom stereocenters. The lowest BCUT2D eigenvalue weighted by Crippen LogP contribution is -2.30. The number of imidazole rings is 1. The first-order chi connectivity index (χ1) is 15.5. The fraction of sp³-hybridized carbons (Fsp3) is 0.261. The molecular formula is C23H24N4O4S. The summed E-state index contributed by atoms with van der Waals surface area (Å²) in [6.07, 6.45) is 0.426. The number of aliphatic hydroxyl groups is 1. The number of methoxy groups -OCH3 is 1. The van der Waals surface area contributed by atoms with Crippen molar-refractivity contribution in [3.63, 3.8) is 0 Å². The molecule has 0 spiro atoms. The molecule has 2 aromatic carbocycles. The molecule has 9 heteroatoms. The Hall–Kier alpha value is -3.43. The maximum absolute atomic E-state index is 12.9. The number of aryl methyl sites for hydroxylation is 1. The lowest BCUT2D eigenvalue weighted by molar-refractivity contribution is 0.278. The summed E-state index contributed by atoms with van der Waals surface area (Å²) in [5.41, 5.74) is 1.82. The minimum absolute atomic E-state index is 0.0313. The Morgan fingerprint density at radius 2 is 1.81 bits per heavy atom. The van der Waals surface area contributed by atoms with Gasteiger partial charge in [-0.2, -0.15) is 4.98 Å². The third-order valence-electron chi connectivity index (χ3n) is 5.17. The predicted octanol–water partition coefficient (Wildman–Crippen LogP) is 3.50. The average Bonchev–Trinajstić information content (AvgIpc) is 3.16. The SMILES string of the molecule is COc1cccc(Oc2nc3c(c(=S)n(CCCO)c(=O)n3C)n2Cc2ccccc2)c1. The summed E-state index contributed by atoms with van der Waals surface area (Å²) in [7, 11) is 3.25. The van der Waals surface area contributed by atoms with Crippen LogP contribution in [0.15, 0.2) is 59.4 Å². The van der Waals surface area contributed by atoms with E-state index in [0.717, 1.165) is 5.56 Å². The van der Waals surface area contributed by atoms with Crippen LogP contribution in [0.1, 0.15) is 12.0 Å². The van der Waals surface area contributed by atoms with Gasteiger partial charge in [-0.1, -0.05) is 48.6 Å². The third kappa shape index (κ3) is 4.17. The Bertz CT molecular complexity index is 1360. The number of nitrogens with zero attached hydrogens (tertiary/aromatic N) is 4. The van der Waals surface area contributed by atoms with E-state index in [1.54, 1.807) is 20.2 Å². The molecule has 2 heterocycles. The molecule has 0 aliphatic rings. The van der Waals surface area contributed by atoms with Crippen LogP contribution in [0.25, 0.3) is 11.2 Å². The van der Waals surface area contributed by atoms with Crippen molar-refractivity contribution in [1.82, 2.24) is 18.7 Å². The van der Waals surface area contributed by atoms with Crippen LogP contribution in [0.2, 0.25) is 0 Å². The van der Waals surface area contributed by atoms with E-state index in [9.17, 15) is 9.90 Å². The molecular weight excluding hydrogens is 428 g/mol. The summed E-state index contributed by atoms with van der Waals surface area (Å²) < 4.78 is 16.6. The van der Waals surface area contributed by atoms with Gasteiger partial charge in [0.1, 0.15) is 21.7 Å². The van der Waals surface area contributed by atoms with Gasteiger partial charge in [0.25, 0.3) is 0 Å². The molecule has 4 rings (SSSR count). The van der Waals surface area contributed by atoms with Crippen LogP contribution in [0.3, 0.4) is 0 Å². The molecule has 4 aromatic rings. The Balaban J connectivity index is 1.92. The van der Waals surface area contributed by atoms with Gasteiger partial charge < -0.3 is 14.6 Å². The Labute approximate surface area is 189 Å². The van der Waals surface area contributed by atoms with Gasteiger partial charge in [0, 0.05) is 26.3 Å². The summed E-state index contributed by atoms with van der Waals surface area (Å²) >= 11 is 5.71. The van der Waals surface area contributed by atoms with Gasteiger partial charge >= 0.3 is 11.7 Å². The number of benzene rings is 2. The van der Waals surface area contributed by atoms with Gasteiger partial charge in [-0.25, -0.2) is 4.79 Å². The maximum atomic E-state index is 12.9. The molecule has 2 aromatic heterocycles. The quantitative estimate of drug-likeness (QED) is 0.412. The summed E-state index contributed by atoms with van der Waals surface area (Å²) in [6, 6.07) is 17.4. The number of aliphatic hydroxyl groups excluding tert-OH is 1. The van der Waals surface area contributed by atoms with Gasteiger partial charge in [-0.15, -0.1) is 0 Å². The fourth-order valence-electron chi connectivity index (χ4n) is 3.54. The second kappa shape index (κ2) is 9.37. The normalized spacial score (nSPS) is 11.1. The molecule has 1 N–H and O–H groups in total. The molecule has 32 heavy (non-hydrogen) atoms. The number of ether oxygens (including phenoxy) is 2. The first kappa shape index (κ1) is 21.8. The number of hydrogen-bond donors (Lipinski definition) is 1. The lowest BCUT2D eigenvalue weighted by Gasteiger charge is -2.12. The van der Waals surface area contributed by atoms with Gasteiger partial charge in [0.05, 0.1) is 13.7 Å². The van der Waals surface area contributed by atoms with E-state index in [1.807, 2.05) is 53.1 Å². The molecule has 0 fully saturated rings. The molecule has 0 aliphatic carbocycles. The minimum atomic E-state index is -0.284. The zero-order valence-electron chi connectivity index (χ0n) is 17.9. The molecule has 0 saturated heterocycles. The Morgan fingerprint density at radius 1 is 1.06 bits per heavy atom. The second-order valence-corrected chi connectivity index (χ2v) is 7.68. The van der Waals surface area contributed by atoms with Gasteiger partial charge in [-0.05, 0) is 24.1 Å². The van der Waals surface area contributed by atoms with Crippen LogP contribution in [-0.4, -0.2) is 37.5 Å². The van der Waals surface area contributed by atoms with Crippen LogP contribution in [-0.2, 0) is 20.1 Å². The monoisotopic (exact) mass is 452 g/mol. The van der Waals surface area contributed by atoms with Gasteiger partial charge in [0.15, 0.2) is 5.65 Å². The Morgan fingerprint density at radius 3 is 2.53 bits per heavy atom. The zero-order valence-corrected chi connectivity index (χ0v) is 18.7. The van der Waals surface area contributed by atoms with E-state index in [-0.39, 0.29) is 12.3 Å². The van der Waals surface area contributed by atoms with Crippen molar-refractivity contribution < 1.29 is 14.6 Å². The van der Waals surface area contributed by atoms with Crippen LogP contribution in [0.5, 0.6) is 17.5 Å². The topological polar surface area (TPSA) is 83.4 Å². The molecule has 0 radical (unpaired) electrons. The smallest absolute Gasteiger partial charge is 0.330 e. The minimum Gasteiger partial charge on any atom is -0.497 e. The van der Waals surface area contributed by atoms with Crippen molar-refractivity contribution in [3.8, 4) is 17.5 Å². The second-order valence-electron chi connectivity index (χ2n) is 7.29. The number of hydrogen-bond acceptors (Lipinski definition) is 6. The van der Waals surface area contributed by atoms with Crippen LogP contribution < -0.4 is 15.2 Å². The van der Waals surface area contributed by atoms with E-state index in [1.165, 1.54) is 9.13 Å². The van der Waals surface area contributed by atoms with Crippen LogP contribution in [0.4, 0.5) is 0 Å². The van der Waals surface area contributed by atoms with Crippen molar-refractivity contribution in [2.75, 3.05) is 13.7 Å². The highest BCUT2D eigenvalue weighted by Gasteiger charge is 2.20. The summed E-state index contributed by atoms with van der Waals surface area (Å²) in [4.78, 5) is 17.5. The van der Waals surface area contributed by atoms with Crippen LogP contribution in [0, 0.1) is 4.64 Å². The van der Waals surface area contributed by atoms with Crippen LogP contribution >= 0.6 is 12.2 Å². The molecule has 0 amide bonds. The average molecular weight is 453 g/mol. The fourth-order valence-corrected chi connectivity index (χ4v) is 3.91. The third-order valence-corrected chi connectivity index (χ3v) is 5.58. The van der Waals surface area contributed by atoms with Gasteiger partial charge in [0.2, 0.25) is 0 Å². The summed E-state index contributed by atoms with van der Waals surface area (Å²) in [6.45, 7) is 0.746. The molecule has 0 unspecified atom stereocenters. The zero-order chi connectivity index (χ0) is 22.7. The summed E-state index contributed by atoms with van der Waals surface area (Å²) in [5.74, 6) is 1.21.